The summed E-state index contributed by atoms with van der Waals surface area (Å²) in [6.45, 7) is 5.30. The molecule has 1 saturated heterocycles. The second-order valence-corrected chi connectivity index (χ2v) is 12.2. The van der Waals surface area contributed by atoms with Crippen LogP contribution in [0.4, 0.5) is 0 Å². The predicted molar refractivity (Wildman–Crippen MR) is 110 cm³/mol. The van der Waals surface area contributed by atoms with Crippen molar-refractivity contribution in [1.29, 1.82) is 0 Å². The van der Waals surface area contributed by atoms with E-state index in [1.807, 2.05) is 30.0 Å². The van der Waals surface area contributed by atoms with E-state index in [2.05, 4.69) is 26.0 Å². The number of carbonyl (C=O) groups excluding carboxylic acids is 1. The number of hydrogen-bond donors (Lipinski definition) is 0. The average Bonchev–Trinajstić information content (AvgIpc) is 2.89. The van der Waals surface area contributed by atoms with Gasteiger partial charge in [0.15, 0.2) is 0 Å². The second kappa shape index (κ2) is 6.89. The van der Waals surface area contributed by atoms with Crippen LogP contribution in [0.2, 0.25) is 0 Å². The third kappa shape index (κ3) is 3.18. The predicted octanol–water partition coefficient (Wildman–Crippen LogP) is 3.89. The van der Waals surface area contributed by atoms with Crippen molar-refractivity contribution >= 4 is 27.6 Å². The fourth-order valence-corrected chi connectivity index (χ4v) is 9.06. The zero-order chi connectivity index (χ0) is 19.3. The van der Waals surface area contributed by atoms with Gasteiger partial charge >= 0.3 is 0 Å². The summed E-state index contributed by atoms with van der Waals surface area (Å²) in [6, 6.07) is 10.3. The number of thioether (sulfide) groups is 1. The molecule has 0 radical (unpaired) electrons. The van der Waals surface area contributed by atoms with E-state index >= 15 is 0 Å². The first-order chi connectivity index (χ1) is 12.8. The normalized spacial score (nSPS) is 33.9. The van der Waals surface area contributed by atoms with Crippen LogP contribution in [0, 0.1) is 16.7 Å². The first-order valence-electron chi connectivity index (χ1n) is 9.94. The highest BCUT2D eigenvalue weighted by molar-refractivity contribution is 7.99. The van der Waals surface area contributed by atoms with E-state index in [1.165, 1.54) is 5.56 Å². The molecule has 3 atom stereocenters. The first-order valence-corrected chi connectivity index (χ1v) is 12.6. The molecule has 2 aliphatic carbocycles. The number of rotatable bonds is 4. The summed E-state index contributed by atoms with van der Waals surface area (Å²) in [5.41, 5.74) is 0.394. The molecule has 2 bridgehead atoms. The molecule has 3 fully saturated rings. The van der Waals surface area contributed by atoms with Gasteiger partial charge in [0.1, 0.15) is 5.78 Å². The Kier molecular flexibility index (Phi) is 4.97. The summed E-state index contributed by atoms with van der Waals surface area (Å²) >= 11 is 1.84. The maximum absolute atomic E-state index is 13.3. The lowest BCUT2D eigenvalue weighted by Gasteiger charge is -2.37. The Morgan fingerprint density at radius 1 is 1.15 bits per heavy atom. The Morgan fingerprint density at radius 3 is 2.52 bits per heavy atom. The molecule has 1 aromatic carbocycles. The molecule has 6 heteroatoms. The lowest BCUT2D eigenvalue weighted by molar-refractivity contribution is -0.128. The fraction of sp³-hybridized carbons (Fsp3) is 0.667. The van der Waals surface area contributed by atoms with Crippen molar-refractivity contribution in [1.82, 2.24) is 4.31 Å². The zero-order valence-corrected chi connectivity index (χ0v) is 17.8. The average molecular weight is 408 g/mol. The fourth-order valence-electron chi connectivity index (χ4n) is 5.47. The van der Waals surface area contributed by atoms with Crippen molar-refractivity contribution in [3.63, 3.8) is 0 Å². The molecule has 3 unspecified atom stereocenters. The number of ketones is 1. The summed E-state index contributed by atoms with van der Waals surface area (Å²) in [7, 11) is -3.44. The van der Waals surface area contributed by atoms with Gasteiger partial charge in [-0.15, -0.1) is 0 Å². The molecular formula is C21H29NO3S2. The van der Waals surface area contributed by atoms with E-state index in [9.17, 15) is 13.2 Å². The van der Waals surface area contributed by atoms with Crippen molar-refractivity contribution in [3.05, 3.63) is 35.9 Å². The Morgan fingerprint density at radius 2 is 1.89 bits per heavy atom. The van der Waals surface area contributed by atoms with Crippen LogP contribution < -0.4 is 0 Å². The Balaban J connectivity index is 1.51. The molecule has 3 aliphatic rings. The van der Waals surface area contributed by atoms with E-state index in [-0.39, 0.29) is 17.0 Å². The molecule has 1 heterocycles. The Labute approximate surface area is 167 Å². The van der Waals surface area contributed by atoms with Gasteiger partial charge in [0, 0.05) is 35.9 Å². The number of sulfonamides is 1. The van der Waals surface area contributed by atoms with Gasteiger partial charge in [-0.3, -0.25) is 4.79 Å². The van der Waals surface area contributed by atoms with Crippen molar-refractivity contribution < 1.29 is 13.2 Å². The molecule has 1 aliphatic heterocycles. The highest BCUT2D eigenvalue weighted by Gasteiger charge is 2.65. The van der Waals surface area contributed by atoms with Crippen LogP contribution in [0.25, 0.3) is 0 Å². The lowest BCUT2D eigenvalue weighted by Crippen LogP contribution is -2.47. The van der Waals surface area contributed by atoms with Crippen molar-refractivity contribution in [2.45, 2.75) is 44.8 Å². The highest BCUT2D eigenvalue weighted by Crippen LogP contribution is 2.64. The summed E-state index contributed by atoms with van der Waals surface area (Å²) in [5.74, 6) is 1.33. The van der Waals surface area contributed by atoms with Crippen LogP contribution in [0.1, 0.15) is 50.3 Å². The molecule has 0 aromatic heterocycles. The van der Waals surface area contributed by atoms with E-state index in [1.54, 1.807) is 4.31 Å². The molecule has 4 nitrogen and oxygen atoms in total. The van der Waals surface area contributed by atoms with E-state index in [0.29, 0.717) is 30.7 Å². The van der Waals surface area contributed by atoms with Crippen LogP contribution in [0.15, 0.2) is 30.3 Å². The van der Waals surface area contributed by atoms with Gasteiger partial charge in [-0.1, -0.05) is 44.2 Å². The topological polar surface area (TPSA) is 54.5 Å². The van der Waals surface area contributed by atoms with E-state index in [0.717, 1.165) is 25.0 Å². The lowest BCUT2D eigenvalue weighted by atomic mass is 9.70. The summed E-state index contributed by atoms with van der Waals surface area (Å²) < 4.78 is 28.3. The highest BCUT2D eigenvalue weighted by atomic mass is 32.2. The minimum atomic E-state index is -3.44. The first kappa shape index (κ1) is 19.5. The van der Waals surface area contributed by atoms with Crippen molar-refractivity contribution in [2.75, 3.05) is 24.6 Å². The van der Waals surface area contributed by atoms with Crippen LogP contribution >= 0.6 is 11.8 Å². The monoisotopic (exact) mass is 407 g/mol. The van der Waals surface area contributed by atoms with E-state index < -0.39 is 15.4 Å². The third-order valence-corrected chi connectivity index (χ3v) is 10.8. The van der Waals surface area contributed by atoms with Crippen molar-refractivity contribution in [3.8, 4) is 0 Å². The molecule has 1 aromatic rings. The Hall–Kier alpha value is -0.850. The number of hydrogen-bond acceptors (Lipinski definition) is 4. The molecule has 0 spiro atoms. The molecule has 0 N–H and O–H groups in total. The maximum Gasteiger partial charge on any atom is 0.215 e. The number of carbonyl (C=O) groups is 1. The molecular weight excluding hydrogens is 378 g/mol. The van der Waals surface area contributed by atoms with Gasteiger partial charge in [-0.2, -0.15) is 11.8 Å². The van der Waals surface area contributed by atoms with Gasteiger partial charge in [0.05, 0.1) is 5.75 Å². The molecule has 0 amide bonds. The van der Waals surface area contributed by atoms with Gasteiger partial charge in [0.25, 0.3) is 0 Å². The molecule has 27 heavy (non-hydrogen) atoms. The molecule has 148 valence electrons. The van der Waals surface area contributed by atoms with Crippen LogP contribution in [-0.2, 0) is 14.8 Å². The van der Waals surface area contributed by atoms with Crippen LogP contribution in [0.5, 0.6) is 0 Å². The molecule has 2 saturated carbocycles. The van der Waals surface area contributed by atoms with Gasteiger partial charge in [-0.25, -0.2) is 12.7 Å². The number of nitrogens with zero attached hydrogens (tertiary/aromatic N) is 1. The summed E-state index contributed by atoms with van der Waals surface area (Å²) in [4.78, 5) is 12.8. The molecule has 4 rings (SSSR count). The zero-order valence-electron chi connectivity index (χ0n) is 16.2. The van der Waals surface area contributed by atoms with Gasteiger partial charge in [-0.05, 0) is 36.2 Å². The van der Waals surface area contributed by atoms with E-state index in [4.69, 9.17) is 0 Å². The largest absolute Gasteiger partial charge is 0.299 e. The summed E-state index contributed by atoms with van der Waals surface area (Å²) in [6.07, 6.45) is 3.10. The number of benzene rings is 1. The standard InChI is InChI=1S/C21H29NO3S2/c1-20(2)17-8-10-21(20,19(23)14-17)15-27(24,25)22-11-9-18(26-13-12-22)16-6-4-3-5-7-16/h3-7,17-18H,8-15H2,1-2H3. The number of Topliss-reactive ketones (excluding diaryl/α,β-unsaturated/α-hetero) is 1. The van der Waals surface area contributed by atoms with Crippen LogP contribution in [-0.4, -0.2) is 43.1 Å². The van der Waals surface area contributed by atoms with Gasteiger partial charge in [0.2, 0.25) is 10.0 Å². The Bertz CT molecular complexity index is 821. The quantitative estimate of drug-likeness (QED) is 0.760. The maximum atomic E-state index is 13.3. The second-order valence-electron chi connectivity index (χ2n) is 8.88. The van der Waals surface area contributed by atoms with Gasteiger partial charge < -0.3 is 0 Å². The van der Waals surface area contributed by atoms with Crippen molar-refractivity contribution in [2.24, 2.45) is 16.7 Å². The number of fused-ring (bicyclic) bond motifs is 2. The third-order valence-electron chi connectivity index (χ3n) is 7.43. The smallest absolute Gasteiger partial charge is 0.215 e. The minimum Gasteiger partial charge on any atom is -0.299 e. The summed E-state index contributed by atoms with van der Waals surface area (Å²) in [5, 5.41) is 0.338. The van der Waals surface area contributed by atoms with Crippen LogP contribution in [0.3, 0.4) is 0 Å². The minimum absolute atomic E-state index is 0.00298. The SMILES string of the molecule is CC1(C)C2CCC1(CS(=O)(=O)N1CCSC(c3ccccc3)CC1)C(=O)C2.